The van der Waals surface area contributed by atoms with E-state index in [2.05, 4.69) is 19.2 Å². The normalized spacial score (nSPS) is 15.2. The van der Waals surface area contributed by atoms with E-state index < -0.39 is 0 Å². The fraction of sp³-hybridized carbons (Fsp3) is 0.348. The monoisotopic (exact) mass is 378 g/mol. The molecule has 3 amide bonds. The van der Waals surface area contributed by atoms with Crippen LogP contribution >= 0.6 is 0 Å². The number of benzene rings is 2. The highest BCUT2D eigenvalue weighted by molar-refractivity contribution is 6.01. The Bertz CT molecular complexity index is 828. The van der Waals surface area contributed by atoms with Crippen LogP contribution in [0.3, 0.4) is 0 Å². The fourth-order valence-electron chi connectivity index (χ4n) is 3.42. The molecule has 0 bridgehead atoms. The molecule has 0 radical (unpaired) electrons. The highest BCUT2D eigenvalue weighted by Crippen LogP contribution is 2.22. The first-order chi connectivity index (χ1) is 13.4. The quantitative estimate of drug-likeness (QED) is 0.744. The third-order valence-corrected chi connectivity index (χ3v) is 4.93. The summed E-state index contributed by atoms with van der Waals surface area (Å²) in [6, 6.07) is 17.0. The smallest absolute Gasteiger partial charge is 0.251 e. The first kappa shape index (κ1) is 19.8. The molecule has 28 heavy (non-hydrogen) atoms. The molecule has 1 atom stereocenters. The van der Waals surface area contributed by atoms with Crippen LogP contribution in [-0.4, -0.2) is 22.6 Å². The first-order valence-corrected chi connectivity index (χ1v) is 9.72. The Morgan fingerprint density at radius 2 is 1.57 bits per heavy atom. The Kier molecular flexibility index (Phi) is 6.24. The van der Waals surface area contributed by atoms with Gasteiger partial charge in [-0.3, -0.25) is 19.3 Å². The zero-order valence-corrected chi connectivity index (χ0v) is 16.4. The minimum absolute atomic E-state index is 0.0479. The maximum absolute atomic E-state index is 12.7. The summed E-state index contributed by atoms with van der Waals surface area (Å²) in [6.45, 7) is 4.54. The molecule has 0 unspecified atom stereocenters. The van der Waals surface area contributed by atoms with Gasteiger partial charge in [-0.2, -0.15) is 0 Å². The summed E-state index contributed by atoms with van der Waals surface area (Å²) in [5, 5.41) is 3.13. The van der Waals surface area contributed by atoms with Gasteiger partial charge in [0.1, 0.15) is 0 Å². The second-order valence-electron chi connectivity index (χ2n) is 7.64. The molecule has 146 valence electrons. The second kappa shape index (κ2) is 8.83. The van der Waals surface area contributed by atoms with Gasteiger partial charge in [0.25, 0.3) is 5.91 Å². The summed E-state index contributed by atoms with van der Waals surface area (Å²) in [6.07, 6.45) is 1.43. The van der Waals surface area contributed by atoms with Crippen molar-refractivity contribution >= 4 is 17.7 Å². The number of amides is 3. The van der Waals surface area contributed by atoms with Crippen molar-refractivity contribution in [3.63, 3.8) is 0 Å². The van der Waals surface area contributed by atoms with Crippen molar-refractivity contribution in [1.82, 2.24) is 10.2 Å². The molecule has 1 saturated heterocycles. The van der Waals surface area contributed by atoms with Gasteiger partial charge in [0.05, 0.1) is 12.6 Å². The second-order valence-corrected chi connectivity index (χ2v) is 7.64. The van der Waals surface area contributed by atoms with Gasteiger partial charge in [-0.15, -0.1) is 0 Å². The summed E-state index contributed by atoms with van der Waals surface area (Å²) >= 11 is 0. The van der Waals surface area contributed by atoms with Crippen molar-refractivity contribution in [2.24, 2.45) is 5.92 Å². The predicted molar refractivity (Wildman–Crippen MR) is 107 cm³/mol. The number of imide groups is 1. The number of nitrogens with one attached hydrogen (secondary N) is 1. The standard InChI is InChI=1S/C23H26N2O3/c1-16(2)14-20(18-6-4-3-5-7-18)24-23(28)19-10-8-17(9-11-19)15-25-21(26)12-13-22(25)27/h3-11,16,20H,12-15H2,1-2H3,(H,24,28)/t20-/m1/s1. The summed E-state index contributed by atoms with van der Waals surface area (Å²) < 4.78 is 0. The zero-order valence-electron chi connectivity index (χ0n) is 16.4. The Morgan fingerprint density at radius 1 is 0.964 bits per heavy atom. The van der Waals surface area contributed by atoms with E-state index >= 15 is 0 Å². The Labute approximate surface area is 165 Å². The van der Waals surface area contributed by atoms with Crippen LogP contribution in [0.5, 0.6) is 0 Å². The van der Waals surface area contributed by atoms with E-state index in [9.17, 15) is 14.4 Å². The van der Waals surface area contributed by atoms with E-state index in [1.165, 1.54) is 4.90 Å². The number of likely N-dealkylation sites (tertiary alicyclic amines) is 1. The lowest BCUT2D eigenvalue weighted by Gasteiger charge is -2.21. The van der Waals surface area contributed by atoms with E-state index in [1.54, 1.807) is 24.3 Å². The maximum atomic E-state index is 12.7. The van der Waals surface area contributed by atoms with Gasteiger partial charge in [0.15, 0.2) is 0 Å². The minimum Gasteiger partial charge on any atom is -0.345 e. The molecule has 0 saturated carbocycles. The SMILES string of the molecule is CC(C)C[C@@H](NC(=O)c1ccc(CN2C(=O)CCC2=O)cc1)c1ccccc1. The largest absolute Gasteiger partial charge is 0.345 e. The fourth-order valence-corrected chi connectivity index (χ4v) is 3.42. The van der Waals surface area contributed by atoms with Crippen LogP contribution in [0.15, 0.2) is 54.6 Å². The van der Waals surface area contributed by atoms with Crippen molar-refractivity contribution in [2.45, 2.75) is 45.7 Å². The average Bonchev–Trinajstić information content (AvgIpc) is 3.00. The van der Waals surface area contributed by atoms with Crippen LogP contribution in [0.4, 0.5) is 0 Å². The van der Waals surface area contributed by atoms with Crippen molar-refractivity contribution in [3.8, 4) is 0 Å². The lowest BCUT2D eigenvalue weighted by atomic mass is 9.96. The van der Waals surface area contributed by atoms with Crippen LogP contribution in [0, 0.1) is 5.92 Å². The lowest BCUT2D eigenvalue weighted by molar-refractivity contribution is -0.139. The van der Waals surface area contributed by atoms with E-state index in [0.29, 0.717) is 11.5 Å². The number of hydrogen-bond acceptors (Lipinski definition) is 3. The van der Waals surface area contributed by atoms with E-state index in [-0.39, 0.29) is 43.1 Å². The van der Waals surface area contributed by atoms with Gasteiger partial charge in [-0.25, -0.2) is 0 Å². The molecule has 0 aliphatic carbocycles. The molecule has 0 spiro atoms. The summed E-state index contributed by atoms with van der Waals surface area (Å²) in [5.74, 6) is 0.0511. The minimum atomic E-state index is -0.133. The molecule has 1 fully saturated rings. The molecule has 5 heteroatoms. The van der Waals surface area contributed by atoms with Gasteiger partial charge in [-0.1, -0.05) is 56.3 Å². The molecule has 3 rings (SSSR count). The van der Waals surface area contributed by atoms with E-state index in [1.807, 2.05) is 30.3 Å². The Hall–Kier alpha value is -2.95. The van der Waals surface area contributed by atoms with Crippen molar-refractivity contribution in [1.29, 1.82) is 0 Å². The van der Waals surface area contributed by atoms with Crippen LogP contribution in [-0.2, 0) is 16.1 Å². The van der Waals surface area contributed by atoms with Crippen molar-refractivity contribution in [2.75, 3.05) is 0 Å². The third kappa shape index (κ3) is 4.85. The molecule has 1 heterocycles. The number of rotatable bonds is 7. The van der Waals surface area contributed by atoms with Crippen LogP contribution in [0.1, 0.15) is 60.6 Å². The van der Waals surface area contributed by atoms with E-state index in [4.69, 9.17) is 0 Å². The van der Waals surface area contributed by atoms with Crippen LogP contribution < -0.4 is 5.32 Å². The summed E-state index contributed by atoms with van der Waals surface area (Å²) in [7, 11) is 0. The van der Waals surface area contributed by atoms with Crippen molar-refractivity contribution in [3.05, 3.63) is 71.3 Å². The number of hydrogen-bond donors (Lipinski definition) is 1. The molecule has 1 aliphatic rings. The molecule has 2 aromatic rings. The zero-order chi connectivity index (χ0) is 20.1. The topological polar surface area (TPSA) is 66.5 Å². The number of carbonyl (C=O) groups excluding carboxylic acids is 3. The lowest BCUT2D eigenvalue weighted by Crippen LogP contribution is -2.30. The maximum Gasteiger partial charge on any atom is 0.251 e. The van der Waals surface area contributed by atoms with Crippen molar-refractivity contribution < 1.29 is 14.4 Å². The van der Waals surface area contributed by atoms with E-state index in [0.717, 1.165) is 17.5 Å². The molecule has 2 aromatic carbocycles. The van der Waals surface area contributed by atoms with Gasteiger partial charge in [-0.05, 0) is 35.6 Å². The Morgan fingerprint density at radius 3 is 2.14 bits per heavy atom. The highest BCUT2D eigenvalue weighted by Gasteiger charge is 2.28. The first-order valence-electron chi connectivity index (χ1n) is 9.72. The number of carbonyl (C=O) groups is 3. The molecule has 5 nitrogen and oxygen atoms in total. The predicted octanol–water partition coefficient (Wildman–Crippen LogP) is 3.85. The van der Waals surface area contributed by atoms with Crippen LogP contribution in [0.2, 0.25) is 0 Å². The molecular weight excluding hydrogens is 352 g/mol. The molecule has 0 aromatic heterocycles. The molecule has 1 N–H and O–H groups in total. The van der Waals surface area contributed by atoms with Crippen LogP contribution in [0.25, 0.3) is 0 Å². The molecule has 1 aliphatic heterocycles. The van der Waals surface area contributed by atoms with Gasteiger partial charge >= 0.3 is 0 Å². The third-order valence-electron chi connectivity index (χ3n) is 4.93. The Balaban J connectivity index is 1.67. The summed E-state index contributed by atoms with van der Waals surface area (Å²) in [5.41, 5.74) is 2.49. The summed E-state index contributed by atoms with van der Waals surface area (Å²) in [4.78, 5) is 37.5. The highest BCUT2D eigenvalue weighted by atomic mass is 16.2. The average molecular weight is 378 g/mol. The number of nitrogens with zero attached hydrogens (tertiary/aromatic N) is 1. The van der Waals surface area contributed by atoms with Gasteiger partial charge in [0.2, 0.25) is 11.8 Å². The van der Waals surface area contributed by atoms with Gasteiger partial charge in [0, 0.05) is 18.4 Å². The van der Waals surface area contributed by atoms with Gasteiger partial charge < -0.3 is 5.32 Å². The molecular formula is C23H26N2O3.